The van der Waals surface area contributed by atoms with Crippen LogP contribution in [0.15, 0.2) is 90.7 Å². The molecule has 0 aliphatic heterocycles. The second kappa shape index (κ2) is 17.3. The van der Waals surface area contributed by atoms with Gasteiger partial charge in [0.05, 0.1) is 0 Å². The van der Waals surface area contributed by atoms with E-state index in [0.29, 0.717) is 23.4 Å². The maximum Gasteiger partial charge on any atom is 0.251 e. The lowest BCUT2D eigenvalue weighted by Crippen LogP contribution is -2.25. The summed E-state index contributed by atoms with van der Waals surface area (Å²) in [7, 11) is 0. The molecule has 3 aromatic rings. The van der Waals surface area contributed by atoms with Gasteiger partial charge in [0.25, 0.3) is 5.91 Å². The lowest BCUT2D eigenvalue weighted by molar-refractivity contribution is 0.0953. The summed E-state index contributed by atoms with van der Waals surface area (Å²) in [6.07, 6.45) is 15.7. The highest BCUT2D eigenvalue weighted by Gasteiger charge is 2.14. The van der Waals surface area contributed by atoms with Crippen LogP contribution in [0.1, 0.15) is 62.4 Å². The molecule has 0 aromatic heterocycles. The zero-order valence-electron chi connectivity index (χ0n) is 25.1. The van der Waals surface area contributed by atoms with Crippen molar-refractivity contribution in [3.8, 4) is 22.6 Å². The van der Waals surface area contributed by atoms with Crippen LogP contribution in [0.5, 0.6) is 11.5 Å². The Balaban J connectivity index is 1.95. The fraction of sp³-hybridized carbons (Fsp3) is 0.278. The molecule has 6 heteroatoms. The molecule has 0 bridgehead atoms. The maximum atomic E-state index is 13.2. The lowest BCUT2D eigenvalue weighted by atomic mass is 9.99. The summed E-state index contributed by atoms with van der Waals surface area (Å²) >= 11 is 0. The quantitative estimate of drug-likeness (QED) is 0.0950. The number of unbranched alkanes of at least 4 members (excludes halogenated alkanes) is 1. The third-order valence-corrected chi connectivity index (χ3v) is 6.60. The van der Waals surface area contributed by atoms with Crippen molar-refractivity contribution in [2.75, 3.05) is 13.3 Å². The molecule has 0 saturated carbocycles. The van der Waals surface area contributed by atoms with Gasteiger partial charge in [-0.2, -0.15) is 5.10 Å². The van der Waals surface area contributed by atoms with Gasteiger partial charge in [0, 0.05) is 35.3 Å². The van der Waals surface area contributed by atoms with E-state index in [1.165, 1.54) is 5.56 Å². The third kappa shape index (κ3) is 9.51. The van der Waals surface area contributed by atoms with Crippen LogP contribution in [0.3, 0.4) is 0 Å². The number of phenolic OH excluding ortho intramolecular Hbond substituents is 1. The highest BCUT2D eigenvalue weighted by molar-refractivity contribution is 5.96. The van der Waals surface area contributed by atoms with E-state index < -0.39 is 0 Å². The number of carbonyl (C=O) groups is 1. The molecule has 0 saturated heterocycles. The normalized spacial score (nSPS) is 12.3. The third-order valence-electron chi connectivity index (χ3n) is 6.60. The number of amides is 1. The topological polar surface area (TPSA) is 74.2 Å². The standard InChI is InChI=1S/C36H43N3O3/c1-5-9-19-29-24-31(26-34(40)32(29)15-7-3)33-25-30(36(41)37-22-14-18-28-16-12-11-13-17-28)20-21-35(33)42-27-39(8-4)38-23-10-6-2/h5,8-9,11-13,15-17,19-21,23-26,40H,4,6-7,10,14,18,22,27H2,1-3H3,(H,37,41)/b9-5-,29-19-,32-15-,38-23-. The van der Waals surface area contributed by atoms with Gasteiger partial charge < -0.3 is 15.2 Å². The van der Waals surface area contributed by atoms with Gasteiger partial charge in [-0.1, -0.05) is 81.5 Å². The van der Waals surface area contributed by atoms with Gasteiger partial charge >= 0.3 is 0 Å². The number of hydrazone groups is 1. The first-order valence-electron chi connectivity index (χ1n) is 14.7. The second-order valence-corrected chi connectivity index (χ2v) is 9.84. The molecule has 1 amide bonds. The predicted octanol–water partition coefficient (Wildman–Crippen LogP) is 6.54. The molecular weight excluding hydrogens is 522 g/mol. The number of aryl methyl sites for hydroxylation is 1. The Kier molecular flexibility index (Phi) is 13.1. The van der Waals surface area contributed by atoms with Crippen molar-refractivity contribution >= 4 is 24.3 Å². The molecule has 0 aliphatic carbocycles. The van der Waals surface area contributed by atoms with E-state index >= 15 is 0 Å². The van der Waals surface area contributed by atoms with Crippen LogP contribution in [0.4, 0.5) is 0 Å². The summed E-state index contributed by atoms with van der Waals surface area (Å²) in [5, 5.41) is 21.7. The summed E-state index contributed by atoms with van der Waals surface area (Å²) in [6, 6.07) is 19.3. The molecule has 0 radical (unpaired) electrons. The SMILES string of the molecule is C=CN(COc1ccc(C(=O)NCCCc2ccccc2)cc1-c1cc(O)c(=C\CC)/c(=C\C=C/C)c1)/N=C\CCC. The van der Waals surface area contributed by atoms with Gasteiger partial charge in [0.15, 0.2) is 6.73 Å². The number of nitrogens with one attached hydrogen (secondary N) is 1. The molecule has 3 aromatic carbocycles. The first kappa shape index (κ1) is 31.9. The number of aromatic hydroxyl groups is 1. The van der Waals surface area contributed by atoms with Gasteiger partial charge in [-0.15, -0.1) is 0 Å². The highest BCUT2D eigenvalue weighted by Crippen LogP contribution is 2.32. The van der Waals surface area contributed by atoms with Crippen molar-refractivity contribution in [3.05, 3.63) is 107 Å². The highest BCUT2D eigenvalue weighted by atomic mass is 16.5. The summed E-state index contributed by atoms with van der Waals surface area (Å²) in [5.41, 5.74) is 3.20. The first-order chi connectivity index (χ1) is 20.5. The Morgan fingerprint density at radius 1 is 1.12 bits per heavy atom. The summed E-state index contributed by atoms with van der Waals surface area (Å²) in [4.78, 5) is 13.2. The fourth-order valence-electron chi connectivity index (χ4n) is 4.40. The van der Waals surface area contributed by atoms with E-state index in [2.05, 4.69) is 36.1 Å². The minimum Gasteiger partial charge on any atom is -0.507 e. The molecular formula is C36H43N3O3. The van der Waals surface area contributed by atoms with Crippen LogP contribution >= 0.6 is 0 Å². The van der Waals surface area contributed by atoms with E-state index in [0.717, 1.165) is 48.1 Å². The van der Waals surface area contributed by atoms with Crippen LogP contribution in [0, 0.1) is 0 Å². The number of hydrogen-bond acceptors (Lipinski definition) is 5. The molecule has 0 spiro atoms. The van der Waals surface area contributed by atoms with Gasteiger partial charge in [0.2, 0.25) is 0 Å². The summed E-state index contributed by atoms with van der Waals surface area (Å²) < 4.78 is 6.19. The first-order valence-corrected chi connectivity index (χ1v) is 14.7. The van der Waals surface area contributed by atoms with Crippen molar-refractivity contribution in [1.82, 2.24) is 10.3 Å². The minimum absolute atomic E-state index is 0.146. The van der Waals surface area contributed by atoms with Gasteiger partial charge in [-0.05, 0) is 79.3 Å². The van der Waals surface area contributed by atoms with Crippen molar-refractivity contribution in [3.63, 3.8) is 0 Å². The van der Waals surface area contributed by atoms with Gasteiger partial charge in [0.1, 0.15) is 11.5 Å². The number of ether oxygens (including phenoxy) is 1. The van der Waals surface area contributed by atoms with Crippen LogP contribution < -0.4 is 20.5 Å². The van der Waals surface area contributed by atoms with Crippen molar-refractivity contribution in [2.45, 2.75) is 52.9 Å². The largest absolute Gasteiger partial charge is 0.507 e. The van der Waals surface area contributed by atoms with E-state index in [9.17, 15) is 9.90 Å². The van der Waals surface area contributed by atoms with E-state index in [4.69, 9.17) is 4.74 Å². The molecule has 2 N–H and O–H groups in total. The van der Waals surface area contributed by atoms with Gasteiger partial charge in [-0.3, -0.25) is 4.79 Å². The fourth-order valence-corrected chi connectivity index (χ4v) is 4.40. The number of rotatable bonds is 15. The van der Waals surface area contributed by atoms with E-state index in [1.54, 1.807) is 29.4 Å². The molecule has 42 heavy (non-hydrogen) atoms. The van der Waals surface area contributed by atoms with Crippen LogP contribution in [0.2, 0.25) is 0 Å². The molecule has 0 fully saturated rings. The number of carbonyl (C=O) groups excluding carboxylic acids is 1. The molecule has 0 atom stereocenters. The number of hydrogen-bond donors (Lipinski definition) is 2. The zero-order chi connectivity index (χ0) is 30.2. The predicted molar refractivity (Wildman–Crippen MR) is 175 cm³/mol. The number of benzene rings is 3. The average Bonchev–Trinajstić information content (AvgIpc) is 3.01. The van der Waals surface area contributed by atoms with Crippen molar-refractivity contribution in [2.24, 2.45) is 5.10 Å². The smallest absolute Gasteiger partial charge is 0.251 e. The van der Waals surface area contributed by atoms with E-state index in [-0.39, 0.29) is 18.4 Å². The average molecular weight is 566 g/mol. The van der Waals surface area contributed by atoms with Crippen molar-refractivity contribution < 1.29 is 14.6 Å². The maximum absolute atomic E-state index is 13.2. The number of phenols is 1. The van der Waals surface area contributed by atoms with Crippen LogP contribution in [0.25, 0.3) is 23.3 Å². The monoisotopic (exact) mass is 565 g/mol. The number of allylic oxidation sites excluding steroid dienone is 2. The Morgan fingerprint density at radius 2 is 1.93 bits per heavy atom. The molecule has 3 rings (SSSR count). The van der Waals surface area contributed by atoms with E-state index in [1.807, 2.05) is 74.7 Å². The molecule has 0 unspecified atom stereocenters. The van der Waals surface area contributed by atoms with Crippen LogP contribution in [-0.2, 0) is 6.42 Å². The summed E-state index contributed by atoms with van der Waals surface area (Å²) in [5.74, 6) is 0.578. The Labute approximate surface area is 250 Å². The van der Waals surface area contributed by atoms with Crippen molar-refractivity contribution in [1.29, 1.82) is 0 Å². The zero-order valence-corrected chi connectivity index (χ0v) is 25.1. The Morgan fingerprint density at radius 3 is 2.64 bits per heavy atom. The minimum atomic E-state index is -0.159. The Hall–Kier alpha value is -4.58. The Bertz CT molecular complexity index is 1490. The van der Waals surface area contributed by atoms with Crippen LogP contribution in [-0.4, -0.2) is 35.5 Å². The second-order valence-electron chi connectivity index (χ2n) is 9.84. The molecule has 0 aliphatic rings. The van der Waals surface area contributed by atoms with Gasteiger partial charge in [-0.25, -0.2) is 5.01 Å². The summed E-state index contributed by atoms with van der Waals surface area (Å²) in [6.45, 7) is 10.6. The number of nitrogens with zero attached hydrogens (tertiary/aromatic N) is 2. The molecule has 6 nitrogen and oxygen atoms in total. The lowest BCUT2D eigenvalue weighted by Gasteiger charge is -2.18. The molecule has 220 valence electrons. The molecule has 0 heterocycles.